The Labute approximate surface area is 226 Å². The van der Waals surface area contributed by atoms with Crippen molar-refractivity contribution in [2.45, 2.75) is 64.4 Å². The maximum absolute atomic E-state index is 12.4. The predicted molar refractivity (Wildman–Crippen MR) is 151 cm³/mol. The molecule has 2 aliphatic rings. The second kappa shape index (κ2) is 13.5. The lowest BCUT2D eigenvalue weighted by molar-refractivity contribution is -0.385. The van der Waals surface area contributed by atoms with Gasteiger partial charge in [-0.1, -0.05) is 52.2 Å². The van der Waals surface area contributed by atoms with E-state index in [-0.39, 0.29) is 29.4 Å². The topological polar surface area (TPSA) is 111 Å². The van der Waals surface area contributed by atoms with Crippen LogP contribution in [0.2, 0.25) is 0 Å². The van der Waals surface area contributed by atoms with Gasteiger partial charge in [0.1, 0.15) is 6.61 Å². The molecule has 9 nitrogen and oxygen atoms in total. The Bertz CT molecular complexity index is 1050. The van der Waals surface area contributed by atoms with E-state index in [0.717, 1.165) is 39.0 Å². The van der Waals surface area contributed by atoms with Gasteiger partial charge in [-0.05, 0) is 42.0 Å². The highest BCUT2D eigenvalue weighted by Crippen LogP contribution is 2.28. The van der Waals surface area contributed by atoms with Gasteiger partial charge in [0.25, 0.3) is 0 Å². The summed E-state index contributed by atoms with van der Waals surface area (Å²) in [5, 5.41) is 10.4. The molecule has 1 saturated carbocycles. The summed E-state index contributed by atoms with van der Waals surface area (Å²) in [5.74, 6) is 0.332. The van der Waals surface area contributed by atoms with E-state index in [1.165, 1.54) is 55.8 Å². The van der Waals surface area contributed by atoms with Gasteiger partial charge in [0, 0.05) is 49.7 Å². The summed E-state index contributed by atoms with van der Waals surface area (Å²) < 4.78 is 10.6. The Morgan fingerprint density at radius 3 is 2.21 bits per heavy atom. The summed E-state index contributed by atoms with van der Waals surface area (Å²) >= 11 is 0. The molecule has 2 fully saturated rings. The molecule has 9 heteroatoms. The van der Waals surface area contributed by atoms with E-state index < -0.39 is 4.92 Å². The largest absolute Gasteiger partial charge is 0.490 e. The number of anilines is 2. The molecule has 1 amide bonds. The molecule has 38 heavy (non-hydrogen) atoms. The van der Waals surface area contributed by atoms with Crippen LogP contribution in [-0.2, 0) is 14.9 Å². The maximum Gasteiger partial charge on any atom is 0.311 e. The van der Waals surface area contributed by atoms with E-state index in [1.807, 2.05) is 4.90 Å². The van der Waals surface area contributed by atoms with Gasteiger partial charge in [0.2, 0.25) is 5.91 Å². The highest BCUT2D eigenvalue weighted by molar-refractivity contribution is 5.77. The number of piperazine rings is 1. The Morgan fingerprint density at radius 1 is 1.03 bits per heavy atom. The number of nitrogens with two attached hydrogens (primary N) is 1. The number of carbonyl (C=O) groups is 1. The van der Waals surface area contributed by atoms with Gasteiger partial charge in [0.05, 0.1) is 18.1 Å². The molecule has 2 N–H and O–H groups in total. The summed E-state index contributed by atoms with van der Waals surface area (Å²) in [6.07, 6.45) is 6.33. The number of nitro benzene ring substituents is 1. The molecule has 0 bridgehead atoms. The average Bonchev–Trinajstić information content (AvgIpc) is 2.92. The number of ether oxygens (including phenoxy) is 2. The summed E-state index contributed by atoms with van der Waals surface area (Å²) in [7, 11) is 1.36. The normalized spacial score (nSPS) is 16.4. The van der Waals surface area contributed by atoms with Crippen molar-refractivity contribution in [1.29, 1.82) is 0 Å². The van der Waals surface area contributed by atoms with Crippen molar-refractivity contribution in [1.82, 2.24) is 4.90 Å². The third-order valence-electron chi connectivity index (χ3n) is 7.13. The van der Waals surface area contributed by atoms with Crippen LogP contribution in [0.4, 0.5) is 17.1 Å². The van der Waals surface area contributed by atoms with Crippen LogP contribution in [-0.4, -0.2) is 61.7 Å². The Balaban J connectivity index is 0.000000279. The Morgan fingerprint density at radius 2 is 1.66 bits per heavy atom. The van der Waals surface area contributed by atoms with Crippen LogP contribution >= 0.6 is 0 Å². The van der Waals surface area contributed by atoms with Crippen molar-refractivity contribution >= 4 is 23.0 Å². The molecule has 4 rings (SSSR count). The zero-order valence-electron chi connectivity index (χ0n) is 23.2. The molecule has 0 radical (unpaired) electrons. The highest BCUT2D eigenvalue weighted by Gasteiger charge is 2.23. The van der Waals surface area contributed by atoms with Crippen molar-refractivity contribution in [2.75, 3.05) is 50.5 Å². The highest BCUT2D eigenvalue weighted by atomic mass is 16.6. The average molecular weight is 527 g/mol. The van der Waals surface area contributed by atoms with Gasteiger partial charge in [-0.2, -0.15) is 0 Å². The number of methoxy groups -OCH3 is 1. The number of benzene rings is 2. The van der Waals surface area contributed by atoms with Gasteiger partial charge in [-0.3, -0.25) is 14.9 Å². The lowest BCUT2D eigenvalue weighted by atomic mass is 9.87. The molecule has 1 aliphatic carbocycles. The van der Waals surface area contributed by atoms with E-state index in [0.29, 0.717) is 11.8 Å². The Kier molecular flexibility index (Phi) is 10.4. The van der Waals surface area contributed by atoms with Crippen LogP contribution < -0.4 is 15.4 Å². The van der Waals surface area contributed by atoms with E-state index in [2.05, 4.69) is 49.9 Å². The number of hydrogen-bond acceptors (Lipinski definition) is 7. The summed E-state index contributed by atoms with van der Waals surface area (Å²) in [6, 6.07) is 13.1. The standard InChI is InChI=1S/C22H34N2O2.C7H8N2O3/c1-22(2,3)18-9-11-19(12-10-18)23-13-15-24(16-14-23)21(25)17-26-20-7-5-4-6-8-20;1-12-7-4-5(8)2-3-6(7)9(10)11/h9-12,20H,4-8,13-17H2,1-3H3;2-4H,8H2,1H3. The lowest BCUT2D eigenvalue weighted by Crippen LogP contribution is -2.50. The summed E-state index contributed by atoms with van der Waals surface area (Å²) in [6.45, 7) is 10.3. The minimum atomic E-state index is -0.516. The van der Waals surface area contributed by atoms with Crippen LogP contribution in [0.5, 0.6) is 5.75 Å². The first-order valence-corrected chi connectivity index (χ1v) is 13.4. The predicted octanol–water partition coefficient (Wildman–Crippen LogP) is 5.17. The number of amides is 1. The SMILES string of the molecule is CC(C)(C)c1ccc(N2CCN(C(=O)COC3CCCCC3)CC2)cc1.COc1cc(N)ccc1[N+](=O)[O-]. The van der Waals surface area contributed by atoms with Crippen molar-refractivity contribution in [3.63, 3.8) is 0 Å². The molecular weight excluding hydrogens is 484 g/mol. The van der Waals surface area contributed by atoms with Crippen LogP contribution in [0.3, 0.4) is 0 Å². The van der Waals surface area contributed by atoms with Gasteiger partial charge < -0.3 is 25.0 Å². The molecule has 2 aromatic rings. The molecule has 0 aromatic heterocycles. The number of rotatable bonds is 6. The molecule has 0 atom stereocenters. The number of nitrogens with zero attached hydrogens (tertiary/aromatic N) is 3. The molecule has 208 valence electrons. The summed E-state index contributed by atoms with van der Waals surface area (Å²) in [4.78, 5) is 26.6. The maximum atomic E-state index is 12.4. The first-order chi connectivity index (χ1) is 18.1. The number of carbonyl (C=O) groups excluding carboxylic acids is 1. The summed E-state index contributed by atoms with van der Waals surface area (Å²) in [5.41, 5.74) is 8.56. The first-order valence-electron chi connectivity index (χ1n) is 13.4. The molecule has 1 heterocycles. The number of nitrogen functional groups attached to an aromatic ring is 1. The molecule has 0 spiro atoms. The van der Waals surface area contributed by atoms with Crippen molar-refractivity contribution in [2.24, 2.45) is 0 Å². The minimum absolute atomic E-state index is 0.0771. The van der Waals surface area contributed by atoms with Gasteiger partial charge in [-0.25, -0.2) is 0 Å². The van der Waals surface area contributed by atoms with E-state index in [9.17, 15) is 14.9 Å². The van der Waals surface area contributed by atoms with Gasteiger partial charge in [-0.15, -0.1) is 0 Å². The van der Waals surface area contributed by atoms with Crippen LogP contribution in [0.25, 0.3) is 0 Å². The number of hydrogen-bond donors (Lipinski definition) is 1. The third-order valence-corrected chi connectivity index (χ3v) is 7.13. The lowest BCUT2D eigenvalue weighted by Gasteiger charge is -2.36. The number of nitro groups is 1. The zero-order valence-corrected chi connectivity index (χ0v) is 23.2. The second-order valence-electron chi connectivity index (χ2n) is 10.9. The van der Waals surface area contributed by atoms with Crippen molar-refractivity contribution < 1.29 is 19.2 Å². The fourth-order valence-corrected chi connectivity index (χ4v) is 4.74. The molecule has 2 aromatic carbocycles. The third kappa shape index (κ3) is 8.34. The van der Waals surface area contributed by atoms with Gasteiger partial charge >= 0.3 is 5.69 Å². The minimum Gasteiger partial charge on any atom is -0.490 e. The molecule has 1 saturated heterocycles. The van der Waals surface area contributed by atoms with Crippen LogP contribution in [0, 0.1) is 10.1 Å². The van der Waals surface area contributed by atoms with E-state index in [1.54, 1.807) is 0 Å². The Hall–Kier alpha value is -3.33. The quantitative estimate of drug-likeness (QED) is 0.314. The molecule has 1 aliphatic heterocycles. The van der Waals surface area contributed by atoms with Crippen LogP contribution in [0.1, 0.15) is 58.4 Å². The molecule has 0 unspecified atom stereocenters. The smallest absolute Gasteiger partial charge is 0.311 e. The van der Waals surface area contributed by atoms with Crippen molar-refractivity contribution in [3.8, 4) is 5.75 Å². The monoisotopic (exact) mass is 526 g/mol. The van der Waals surface area contributed by atoms with Crippen LogP contribution in [0.15, 0.2) is 42.5 Å². The van der Waals surface area contributed by atoms with Crippen molar-refractivity contribution in [3.05, 3.63) is 58.1 Å². The zero-order chi connectivity index (χ0) is 27.7. The van der Waals surface area contributed by atoms with E-state index >= 15 is 0 Å². The fourth-order valence-electron chi connectivity index (χ4n) is 4.74. The fraction of sp³-hybridized carbons (Fsp3) is 0.552. The molecular formula is C29H42N4O5. The van der Waals surface area contributed by atoms with Gasteiger partial charge in [0.15, 0.2) is 5.75 Å². The van der Waals surface area contributed by atoms with E-state index in [4.69, 9.17) is 15.2 Å². The second-order valence-corrected chi connectivity index (χ2v) is 10.9. The first kappa shape index (κ1) is 29.2.